The average molecular weight is 217 g/mol. The molecule has 0 saturated heterocycles. The molecule has 0 amide bonds. The number of fused-ring (bicyclic) bond motifs is 3. The predicted molar refractivity (Wildman–Crippen MR) is 63.3 cm³/mol. The topological polar surface area (TPSA) is 13.1 Å². The van der Waals surface area contributed by atoms with E-state index in [1.807, 2.05) is 30.3 Å². The van der Waals surface area contributed by atoms with Crippen LogP contribution >= 0.6 is 11.6 Å². The van der Waals surface area contributed by atoms with Crippen molar-refractivity contribution in [3.05, 3.63) is 48.0 Å². The molecule has 3 aromatic rings. The molecular weight excluding hydrogens is 208 g/mol. The van der Waals surface area contributed by atoms with Gasteiger partial charge in [0.2, 0.25) is 0 Å². The second-order valence-corrected chi connectivity index (χ2v) is 3.79. The van der Waals surface area contributed by atoms with Crippen LogP contribution in [0.5, 0.6) is 0 Å². The summed E-state index contributed by atoms with van der Waals surface area (Å²) >= 11 is 5.87. The summed E-state index contributed by atoms with van der Waals surface area (Å²) in [5.74, 6) is 0.483. The Morgan fingerprint density at radius 1 is 0.933 bits per heavy atom. The molecule has 0 aliphatic carbocycles. The van der Waals surface area contributed by atoms with Gasteiger partial charge in [0.05, 0.1) is 5.88 Å². The fraction of sp³-hybridized carbons (Fsp3) is 0.0769. The summed E-state index contributed by atoms with van der Waals surface area (Å²) in [6.45, 7) is 0. The van der Waals surface area contributed by atoms with E-state index >= 15 is 0 Å². The SMILES string of the molecule is ClCc1cccc2c1oc1ccccc12. The molecule has 1 heterocycles. The summed E-state index contributed by atoms with van der Waals surface area (Å²) < 4.78 is 5.79. The molecule has 0 aliphatic rings. The Morgan fingerprint density at radius 2 is 1.73 bits per heavy atom. The third kappa shape index (κ3) is 1.24. The van der Waals surface area contributed by atoms with Gasteiger partial charge in [0, 0.05) is 16.3 Å². The zero-order valence-corrected chi connectivity index (χ0v) is 8.79. The number of furan rings is 1. The molecule has 0 unspecified atom stereocenters. The second kappa shape index (κ2) is 3.28. The van der Waals surface area contributed by atoms with E-state index in [1.54, 1.807) is 0 Å². The third-order valence-corrected chi connectivity index (χ3v) is 2.92. The van der Waals surface area contributed by atoms with Crippen LogP contribution in [0.2, 0.25) is 0 Å². The van der Waals surface area contributed by atoms with E-state index in [9.17, 15) is 0 Å². The van der Waals surface area contributed by atoms with Crippen LogP contribution in [0, 0.1) is 0 Å². The number of rotatable bonds is 1. The standard InChI is InChI=1S/C13H9ClO/c14-8-9-4-3-6-11-10-5-1-2-7-12(10)15-13(9)11/h1-7H,8H2. The van der Waals surface area contributed by atoms with Gasteiger partial charge in [-0.2, -0.15) is 0 Å². The molecule has 0 atom stereocenters. The first kappa shape index (κ1) is 8.81. The minimum absolute atomic E-state index is 0.483. The first-order chi connectivity index (χ1) is 7.40. The molecule has 0 fully saturated rings. The van der Waals surface area contributed by atoms with E-state index in [-0.39, 0.29) is 0 Å². The fourth-order valence-electron chi connectivity index (χ4n) is 1.91. The molecule has 3 rings (SSSR count). The number of para-hydroxylation sites is 2. The van der Waals surface area contributed by atoms with Crippen molar-refractivity contribution >= 4 is 33.5 Å². The zero-order chi connectivity index (χ0) is 10.3. The Balaban J connectivity index is 2.53. The maximum atomic E-state index is 5.87. The molecule has 0 spiro atoms. The molecular formula is C13H9ClO. The predicted octanol–water partition coefficient (Wildman–Crippen LogP) is 4.32. The summed E-state index contributed by atoms with van der Waals surface area (Å²) in [5.41, 5.74) is 2.88. The number of hydrogen-bond acceptors (Lipinski definition) is 1. The van der Waals surface area contributed by atoms with Gasteiger partial charge in [-0.15, -0.1) is 11.6 Å². The second-order valence-electron chi connectivity index (χ2n) is 3.53. The highest BCUT2D eigenvalue weighted by Gasteiger charge is 2.08. The van der Waals surface area contributed by atoms with Crippen LogP contribution < -0.4 is 0 Å². The smallest absolute Gasteiger partial charge is 0.139 e. The number of benzene rings is 2. The lowest BCUT2D eigenvalue weighted by Crippen LogP contribution is -1.76. The van der Waals surface area contributed by atoms with Crippen molar-refractivity contribution in [1.82, 2.24) is 0 Å². The normalized spacial score (nSPS) is 11.3. The van der Waals surface area contributed by atoms with Crippen molar-refractivity contribution in [2.45, 2.75) is 5.88 Å². The van der Waals surface area contributed by atoms with Crippen molar-refractivity contribution in [2.24, 2.45) is 0 Å². The van der Waals surface area contributed by atoms with Crippen molar-refractivity contribution in [2.75, 3.05) is 0 Å². The van der Waals surface area contributed by atoms with E-state index in [1.165, 1.54) is 0 Å². The summed E-state index contributed by atoms with van der Waals surface area (Å²) in [6, 6.07) is 14.1. The van der Waals surface area contributed by atoms with Gasteiger partial charge in [0.15, 0.2) is 0 Å². The molecule has 0 bridgehead atoms. The molecule has 0 radical (unpaired) electrons. The van der Waals surface area contributed by atoms with Crippen molar-refractivity contribution in [1.29, 1.82) is 0 Å². The van der Waals surface area contributed by atoms with E-state index in [0.29, 0.717) is 5.88 Å². The Kier molecular flexibility index (Phi) is 1.93. The average Bonchev–Trinajstić information content (AvgIpc) is 2.67. The molecule has 1 aromatic heterocycles. The van der Waals surface area contributed by atoms with Crippen LogP contribution in [0.1, 0.15) is 5.56 Å². The number of halogens is 1. The molecule has 0 aliphatic heterocycles. The lowest BCUT2D eigenvalue weighted by molar-refractivity contribution is 0.665. The molecule has 74 valence electrons. The number of alkyl halides is 1. The molecule has 2 aromatic carbocycles. The van der Waals surface area contributed by atoms with E-state index in [0.717, 1.165) is 27.5 Å². The van der Waals surface area contributed by atoms with Gasteiger partial charge in [0.25, 0.3) is 0 Å². The third-order valence-electron chi connectivity index (χ3n) is 2.63. The molecule has 15 heavy (non-hydrogen) atoms. The molecule has 1 nitrogen and oxygen atoms in total. The van der Waals surface area contributed by atoms with E-state index in [2.05, 4.69) is 12.1 Å². The monoisotopic (exact) mass is 216 g/mol. The van der Waals surface area contributed by atoms with Gasteiger partial charge in [-0.25, -0.2) is 0 Å². The highest BCUT2D eigenvalue weighted by molar-refractivity contribution is 6.18. The quantitative estimate of drug-likeness (QED) is 0.552. The Hall–Kier alpha value is -1.47. The van der Waals surface area contributed by atoms with Gasteiger partial charge in [-0.05, 0) is 6.07 Å². The summed E-state index contributed by atoms with van der Waals surface area (Å²) in [5, 5.41) is 2.29. The van der Waals surface area contributed by atoms with Gasteiger partial charge in [-0.3, -0.25) is 0 Å². The van der Waals surface area contributed by atoms with Crippen molar-refractivity contribution in [3.63, 3.8) is 0 Å². The minimum Gasteiger partial charge on any atom is -0.456 e. The molecule has 0 N–H and O–H groups in total. The van der Waals surface area contributed by atoms with Crippen molar-refractivity contribution in [3.8, 4) is 0 Å². The Labute approximate surface area is 92.3 Å². The van der Waals surface area contributed by atoms with Crippen LogP contribution in [0.15, 0.2) is 46.9 Å². The van der Waals surface area contributed by atoms with Crippen LogP contribution in [0.4, 0.5) is 0 Å². The van der Waals surface area contributed by atoms with Gasteiger partial charge in [0.1, 0.15) is 11.2 Å². The summed E-state index contributed by atoms with van der Waals surface area (Å²) in [6.07, 6.45) is 0. The van der Waals surface area contributed by atoms with Crippen molar-refractivity contribution < 1.29 is 4.42 Å². The Bertz CT molecular complexity index is 625. The van der Waals surface area contributed by atoms with Gasteiger partial charge >= 0.3 is 0 Å². The highest BCUT2D eigenvalue weighted by Crippen LogP contribution is 2.31. The van der Waals surface area contributed by atoms with E-state index in [4.69, 9.17) is 16.0 Å². The minimum atomic E-state index is 0.483. The lowest BCUT2D eigenvalue weighted by atomic mass is 10.1. The van der Waals surface area contributed by atoms with Gasteiger partial charge in [-0.1, -0.05) is 36.4 Å². The maximum Gasteiger partial charge on any atom is 0.139 e. The highest BCUT2D eigenvalue weighted by atomic mass is 35.5. The molecule has 0 saturated carbocycles. The zero-order valence-electron chi connectivity index (χ0n) is 8.03. The van der Waals surface area contributed by atoms with Crippen LogP contribution in [0.25, 0.3) is 21.9 Å². The lowest BCUT2D eigenvalue weighted by Gasteiger charge is -1.94. The van der Waals surface area contributed by atoms with Crippen LogP contribution in [-0.2, 0) is 5.88 Å². The number of hydrogen-bond donors (Lipinski definition) is 0. The Morgan fingerprint density at radius 3 is 2.60 bits per heavy atom. The van der Waals surface area contributed by atoms with E-state index < -0.39 is 0 Å². The first-order valence-corrected chi connectivity index (χ1v) is 5.38. The maximum absolute atomic E-state index is 5.87. The molecule has 2 heteroatoms. The van der Waals surface area contributed by atoms with Crippen LogP contribution in [-0.4, -0.2) is 0 Å². The fourth-order valence-corrected chi connectivity index (χ4v) is 2.12. The van der Waals surface area contributed by atoms with Gasteiger partial charge < -0.3 is 4.42 Å². The largest absolute Gasteiger partial charge is 0.456 e. The summed E-state index contributed by atoms with van der Waals surface area (Å²) in [4.78, 5) is 0. The van der Waals surface area contributed by atoms with Crippen LogP contribution in [0.3, 0.4) is 0 Å². The summed E-state index contributed by atoms with van der Waals surface area (Å²) in [7, 11) is 0. The first-order valence-electron chi connectivity index (χ1n) is 4.85.